The highest BCUT2D eigenvalue weighted by atomic mass is 16.5. The van der Waals surface area contributed by atoms with Gasteiger partial charge in [-0.05, 0) is 25.0 Å². The van der Waals surface area contributed by atoms with Gasteiger partial charge in [0.15, 0.2) is 0 Å². The van der Waals surface area contributed by atoms with Crippen LogP contribution in [0.2, 0.25) is 0 Å². The van der Waals surface area contributed by atoms with E-state index in [-0.39, 0.29) is 0 Å². The Bertz CT molecular complexity index is 725. The molecule has 6 heteroatoms. The van der Waals surface area contributed by atoms with Gasteiger partial charge in [-0.1, -0.05) is 0 Å². The number of pyridine rings is 1. The summed E-state index contributed by atoms with van der Waals surface area (Å²) < 4.78 is 10.6. The van der Waals surface area contributed by atoms with Gasteiger partial charge in [-0.2, -0.15) is 5.26 Å². The third-order valence-corrected chi connectivity index (χ3v) is 4.42. The van der Waals surface area contributed by atoms with E-state index >= 15 is 0 Å². The number of ether oxygens (including phenoxy) is 2. The van der Waals surface area contributed by atoms with Crippen LogP contribution in [0.1, 0.15) is 18.4 Å². The van der Waals surface area contributed by atoms with E-state index in [1.165, 1.54) is 0 Å². The van der Waals surface area contributed by atoms with Crippen molar-refractivity contribution in [1.82, 2.24) is 4.98 Å². The van der Waals surface area contributed by atoms with Gasteiger partial charge in [-0.3, -0.25) is 0 Å². The maximum absolute atomic E-state index is 8.86. The van der Waals surface area contributed by atoms with E-state index in [4.69, 9.17) is 14.7 Å². The predicted molar refractivity (Wildman–Crippen MR) is 97.4 cm³/mol. The molecule has 0 aliphatic carbocycles. The molecule has 3 rings (SSSR count). The van der Waals surface area contributed by atoms with Gasteiger partial charge >= 0.3 is 0 Å². The molecule has 130 valence electrons. The molecule has 0 atom stereocenters. The van der Waals surface area contributed by atoms with Crippen LogP contribution in [0.15, 0.2) is 36.5 Å². The third-order valence-electron chi connectivity index (χ3n) is 4.42. The lowest BCUT2D eigenvalue weighted by Gasteiger charge is -2.33. The third kappa shape index (κ3) is 4.13. The number of aromatic nitrogens is 1. The highest BCUT2D eigenvalue weighted by molar-refractivity contribution is 5.54. The van der Waals surface area contributed by atoms with Crippen molar-refractivity contribution in [3.05, 3.63) is 42.1 Å². The lowest BCUT2D eigenvalue weighted by molar-refractivity contribution is 0.394. The summed E-state index contributed by atoms with van der Waals surface area (Å²) in [5.41, 5.74) is 1.60. The van der Waals surface area contributed by atoms with Crippen molar-refractivity contribution in [3.8, 4) is 17.6 Å². The summed E-state index contributed by atoms with van der Waals surface area (Å²) in [5, 5.41) is 12.4. The summed E-state index contributed by atoms with van der Waals surface area (Å²) in [6, 6.07) is 12.1. The minimum Gasteiger partial charge on any atom is -0.497 e. The smallest absolute Gasteiger partial charge is 0.128 e. The van der Waals surface area contributed by atoms with Gasteiger partial charge in [0.25, 0.3) is 0 Å². The predicted octanol–water partition coefficient (Wildman–Crippen LogP) is 3.05. The van der Waals surface area contributed by atoms with Crippen LogP contribution in [0, 0.1) is 11.3 Å². The number of methoxy groups -OCH3 is 2. The summed E-state index contributed by atoms with van der Waals surface area (Å²) in [7, 11) is 3.31. The van der Waals surface area contributed by atoms with Gasteiger partial charge in [-0.15, -0.1) is 0 Å². The largest absolute Gasteiger partial charge is 0.497 e. The van der Waals surface area contributed by atoms with E-state index in [9.17, 15) is 0 Å². The van der Waals surface area contributed by atoms with Crippen molar-refractivity contribution in [2.24, 2.45) is 0 Å². The van der Waals surface area contributed by atoms with Crippen LogP contribution in [0.4, 0.5) is 11.5 Å². The lowest BCUT2D eigenvalue weighted by Crippen LogP contribution is -2.39. The number of hydrogen-bond donors (Lipinski definition) is 1. The van der Waals surface area contributed by atoms with Crippen LogP contribution in [-0.4, -0.2) is 38.3 Å². The van der Waals surface area contributed by atoms with Crippen molar-refractivity contribution in [1.29, 1.82) is 5.26 Å². The lowest BCUT2D eigenvalue weighted by atomic mass is 10.0. The average molecular weight is 338 g/mol. The van der Waals surface area contributed by atoms with Gasteiger partial charge in [-0.25, -0.2) is 4.98 Å². The molecule has 0 bridgehead atoms. The second-order valence-corrected chi connectivity index (χ2v) is 6.02. The fraction of sp³-hybridized carbons (Fsp3) is 0.368. The van der Waals surface area contributed by atoms with Crippen molar-refractivity contribution >= 4 is 11.5 Å². The quantitative estimate of drug-likeness (QED) is 0.903. The molecule has 1 N–H and O–H groups in total. The summed E-state index contributed by atoms with van der Waals surface area (Å²) in [6.07, 6.45) is 3.66. The van der Waals surface area contributed by atoms with Crippen LogP contribution in [-0.2, 0) is 0 Å². The first kappa shape index (κ1) is 16.9. The molecule has 2 aromatic rings. The zero-order valence-corrected chi connectivity index (χ0v) is 14.5. The van der Waals surface area contributed by atoms with Crippen LogP contribution in [0.5, 0.6) is 11.5 Å². The van der Waals surface area contributed by atoms with E-state index < -0.39 is 0 Å². The molecule has 0 amide bonds. The Hall–Kier alpha value is -2.94. The molecule has 0 radical (unpaired) electrons. The number of hydrogen-bond acceptors (Lipinski definition) is 6. The van der Waals surface area contributed by atoms with Crippen molar-refractivity contribution in [3.63, 3.8) is 0 Å². The summed E-state index contributed by atoms with van der Waals surface area (Å²) >= 11 is 0. The van der Waals surface area contributed by atoms with Crippen molar-refractivity contribution < 1.29 is 9.47 Å². The minimum absolute atomic E-state index is 0.395. The zero-order valence-electron chi connectivity index (χ0n) is 14.5. The Kier molecular flexibility index (Phi) is 5.24. The number of nitriles is 1. The topological polar surface area (TPSA) is 70.4 Å². The maximum atomic E-state index is 8.86. The van der Waals surface area contributed by atoms with Crippen LogP contribution >= 0.6 is 0 Å². The molecule has 1 aromatic heterocycles. The number of rotatable bonds is 5. The van der Waals surface area contributed by atoms with E-state index in [2.05, 4.69) is 21.3 Å². The molecular weight excluding hydrogens is 316 g/mol. The molecular formula is C19H22N4O2. The Morgan fingerprint density at radius 3 is 2.32 bits per heavy atom. The summed E-state index contributed by atoms with van der Waals surface area (Å²) in [4.78, 5) is 6.63. The summed E-state index contributed by atoms with van der Waals surface area (Å²) in [5.74, 6) is 2.49. The summed E-state index contributed by atoms with van der Waals surface area (Å²) in [6.45, 7) is 1.86. The Balaban J connectivity index is 1.60. The second kappa shape index (κ2) is 7.75. The number of nitrogens with one attached hydrogen (secondary N) is 1. The number of benzene rings is 1. The minimum atomic E-state index is 0.395. The maximum Gasteiger partial charge on any atom is 0.128 e. The molecule has 25 heavy (non-hydrogen) atoms. The molecule has 1 aliphatic heterocycles. The monoisotopic (exact) mass is 338 g/mol. The highest BCUT2D eigenvalue weighted by Crippen LogP contribution is 2.28. The number of piperidine rings is 1. The highest BCUT2D eigenvalue weighted by Gasteiger charge is 2.20. The van der Waals surface area contributed by atoms with Gasteiger partial charge in [0, 0.05) is 49.2 Å². The van der Waals surface area contributed by atoms with Crippen LogP contribution in [0.25, 0.3) is 0 Å². The fourth-order valence-corrected chi connectivity index (χ4v) is 3.02. The fourth-order valence-electron chi connectivity index (χ4n) is 3.02. The van der Waals surface area contributed by atoms with Crippen LogP contribution in [0.3, 0.4) is 0 Å². The second-order valence-electron chi connectivity index (χ2n) is 6.02. The molecule has 0 unspecified atom stereocenters. The molecule has 1 fully saturated rings. The molecule has 1 saturated heterocycles. The Labute approximate surface area is 148 Å². The van der Waals surface area contributed by atoms with Crippen molar-refractivity contribution in [2.75, 3.05) is 37.5 Å². The molecule has 6 nitrogen and oxygen atoms in total. The zero-order chi connectivity index (χ0) is 17.6. The Morgan fingerprint density at radius 1 is 1.12 bits per heavy atom. The van der Waals surface area contributed by atoms with Crippen LogP contribution < -0.4 is 19.7 Å². The molecule has 1 aromatic carbocycles. The molecule has 2 heterocycles. The SMILES string of the molecule is COc1cc(NC2CCN(c3ccc(C#N)cn3)CC2)cc(OC)c1. The molecule has 0 spiro atoms. The van der Waals surface area contributed by atoms with Gasteiger partial charge < -0.3 is 19.7 Å². The molecule has 1 aliphatic rings. The van der Waals surface area contributed by atoms with E-state index in [0.29, 0.717) is 11.6 Å². The van der Waals surface area contributed by atoms with Crippen molar-refractivity contribution in [2.45, 2.75) is 18.9 Å². The van der Waals surface area contributed by atoms with E-state index in [1.54, 1.807) is 20.4 Å². The number of nitrogens with zero attached hydrogens (tertiary/aromatic N) is 3. The van der Waals surface area contributed by atoms with Gasteiger partial charge in [0.1, 0.15) is 23.4 Å². The van der Waals surface area contributed by atoms with Gasteiger partial charge in [0.2, 0.25) is 0 Å². The number of anilines is 2. The normalized spacial score (nSPS) is 14.7. The Morgan fingerprint density at radius 2 is 1.80 bits per heavy atom. The standard InChI is InChI=1S/C19H22N4O2/c1-24-17-9-16(10-18(11-17)25-2)22-15-5-7-23(8-6-15)19-4-3-14(12-20)13-21-19/h3-4,9-11,13,15,22H,5-8H2,1-2H3. The first-order valence-corrected chi connectivity index (χ1v) is 8.32. The first-order chi connectivity index (χ1) is 12.2. The van der Waals surface area contributed by atoms with Gasteiger partial charge in [0.05, 0.1) is 19.8 Å². The van der Waals surface area contributed by atoms with E-state index in [1.807, 2.05) is 30.3 Å². The molecule has 0 saturated carbocycles. The van der Waals surface area contributed by atoms with E-state index in [0.717, 1.165) is 48.9 Å². The average Bonchev–Trinajstić information content (AvgIpc) is 2.68. The first-order valence-electron chi connectivity index (χ1n) is 8.32.